The van der Waals surface area contributed by atoms with Crippen LogP contribution in [0, 0.1) is 0 Å². The zero-order valence-corrected chi connectivity index (χ0v) is 12.5. The van der Waals surface area contributed by atoms with Crippen molar-refractivity contribution in [3.8, 4) is 5.75 Å². The summed E-state index contributed by atoms with van der Waals surface area (Å²) in [5.74, 6) is -0.237. The highest BCUT2D eigenvalue weighted by atomic mass is 16.5. The Morgan fingerprint density at radius 2 is 1.83 bits per heavy atom. The van der Waals surface area contributed by atoms with Gasteiger partial charge in [-0.1, -0.05) is 12.1 Å². The van der Waals surface area contributed by atoms with Crippen LogP contribution in [0.2, 0.25) is 0 Å². The fourth-order valence-corrected chi connectivity index (χ4v) is 2.51. The van der Waals surface area contributed by atoms with Crippen LogP contribution < -0.4 is 10.3 Å². The van der Waals surface area contributed by atoms with Crippen molar-refractivity contribution in [3.05, 3.63) is 76.1 Å². The third kappa shape index (κ3) is 2.94. The molecule has 23 heavy (non-hydrogen) atoms. The SMILES string of the molecule is COc1ccc2c(ccc(=O)n2Cc2ccc(C(=O)O)cc2)c1. The summed E-state index contributed by atoms with van der Waals surface area (Å²) in [6.45, 7) is 0.377. The first-order valence-electron chi connectivity index (χ1n) is 7.08. The fraction of sp³-hybridized carbons (Fsp3) is 0.111. The van der Waals surface area contributed by atoms with Crippen LogP contribution in [0.25, 0.3) is 10.9 Å². The fourth-order valence-electron chi connectivity index (χ4n) is 2.51. The average Bonchev–Trinajstić information content (AvgIpc) is 2.57. The first-order valence-corrected chi connectivity index (χ1v) is 7.08. The smallest absolute Gasteiger partial charge is 0.335 e. The van der Waals surface area contributed by atoms with Crippen molar-refractivity contribution in [1.82, 2.24) is 4.57 Å². The molecular weight excluding hydrogens is 294 g/mol. The molecule has 1 N–H and O–H groups in total. The Kier molecular flexibility index (Phi) is 3.85. The number of carbonyl (C=O) groups is 1. The van der Waals surface area contributed by atoms with Crippen LogP contribution in [-0.4, -0.2) is 22.8 Å². The minimum Gasteiger partial charge on any atom is -0.497 e. The predicted molar refractivity (Wildman–Crippen MR) is 87.3 cm³/mol. The number of fused-ring (bicyclic) bond motifs is 1. The van der Waals surface area contributed by atoms with Crippen LogP contribution in [-0.2, 0) is 6.54 Å². The van der Waals surface area contributed by atoms with Crippen LogP contribution in [0.4, 0.5) is 0 Å². The number of hydrogen-bond donors (Lipinski definition) is 1. The molecule has 1 heterocycles. The van der Waals surface area contributed by atoms with Crippen LogP contribution >= 0.6 is 0 Å². The van der Waals surface area contributed by atoms with Gasteiger partial charge in [0.25, 0.3) is 5.56 Å². The van der Waals surface area contributed by atoms with Crippen LogP contribution in [0.1, 0.15) is 15.9 Å². The summed E-state index contributed by atoms with van der Waals surface area (Å²) in [5.41, 5.74) is 1.79. The maximum absolute atomic E-state index is 12.2. The Balaban J connectivity index is 2.03. The van der Waals surface area contributed by atoms with E-state index in [1.54, 1.807) is 29.9 Å². The van der Waals surface area contributed by atoms with Gasteiger partial charge in [-0.2, -0.15) is 0 Å². The molecule has 3 rings (SSSR count). The number of pyridine rings is 1. The highest BCUT2D eigenvalue weighted by Crippen LogP contribution is 2.20. The highest BCUT2D eigenvalue weighted by Gasteiger charge is 2.07. The van der Waals surface area contributed by atoms with Crippen molar-refractivity contribution in [1.29, 1.82) is 0 Å². The van der Waals surface area contributed by atoms with Gasteiger partial charge >= 0.3 is 5.97 Å². The molecule has 0 amide bonds. The maximum Gasteiger partial charge on any atom is 0.335 e. The van der Waals surface area contributed by atoms with Gasteiger partial charge in [-0.05, 0) is 42.0 Å². The molecule has 0 saturated heterocycles. The van der Waals surface area contributed by atoms with Crippen molar-refractivity contribution in [2.75, 3.05) is 7.11 Å². The molecule has 0 aliphatic carbocycles. The van der Waals surface area contributed by atoms with E-state index in [1.807, 2.05) is 18.2 Å². The van der Waals surface area contributed by atoms with Crippen LogP contribution in [0.15, 0.2) is 59.4 Å². The number of benzene rings is 2. The van der Waals surface area contributed by atoms with Crippen LogP contribution in [0.5, 0.6) is 5.75 Å². The lowest BCUT2D eigenvalue weighted by Gasteiger charge is -2.11. The zero-order valence-electron chi connectivity index (χ0n) is 12.5. The molecule has 0 bridgehead atoms. The predicted octanol–water partition coefficient (Wildman–Crippen LogP) is 2.76. The standard InChI is InChI=1S/C18H15NO4/c1-23-15-7-8-16-14(10-15)6-9-17(20)19(16)11-12-2-4-13(5-3-12)18(21)22/h2-10H,11H2,1H3,(H,21,22). The van der Waals surface area contributed by atoms with E-state index < -0.39 is 5.97 Å². The number of hydrogen-bond acceptors (Lipinski definition) is 3. The second-order valence-corrected chi connectivity index (χ2v) is 5.18. The summed E-state index contributed by atoms with van der Waals surface area (Å²) in [6.07, 6.45) is 0. The summed E-state index contributed by atoms with van der Waals surface area (Å²) in [7, 11) is 1.60. The van der Waals surface area contributed by atoms with E-state index in [1.165, 1.54) is 18.2 Å². The van der Waals surface area contributed by atoms with E-state index in [0.29, 0.717) is 6.54 Å². The Morgan fingerprint density at radius 3 is 2.48 bits per heavy atom. The van der Waals surface area contributed by atoms with Gasteiger partial charge in [0.05, 0.1) is 24.7 Å². The third-order valence-electron chi connectivity index (χ3n) is 3.74. The summed E-state index contributed by atoms with van der Waals surface area (Å²) in [6, 6.07) is 15.3. The number of carboxylic acids is 1. The van der Waals surface area contributed by atoms with Crippen molar-refractivity contribution in [2.24, 2.45) is 0 Å². The van der Waals surface area contributed by atoms with Gasteiger partial charge in [0.2, 0.25) is 0 Å². The van der Waals surface area contributed by atoms with Crippen molar-refractivity contribution in [2.45, 2.75) is 6.54 Å². The summed E-state index contributed by atoms with van der Waals surface area (Å²) in [5, 5.41) is 9.84. The lowest BCUT2D eigenvalue weighted by Crippen LogP contribution is -2.19. The molecule has 0 atom stereocenters. The van der Waals surface area contributed by atoms with E-state index in [4.69, 9.17) is 9.84 Å². The molecule has 0 radical (unpaired) electrons. The molecule has 116 valence electrons. The van der Waals surface area contributed by atoms with Gasteiger partial charge in [-0.15, -0.1) is 0 Å². The molecule has 3 aromatic rings. The van der Waals surface area contributed by atoms with E-state index in [2.05, 4.69) is 0 Å². The molecular formula is C18H15NO4. The van der Waals surface area contributed by atoms with E-state index in [-0.39, 0.29) is 11.1 Å². The minimum atomic E-state index is -0.967. The normalized spacial score (nSPS) is 10.7. The van der Waals surface area contributed by atoms with Crippen molar-refractivity contribution < 1.29 is 14.6 Å². The van der Waals surface area contributed by atoms with Gasteiger partial charge < -0.3 is 14.4 Å². The molecule has 5 heteroatoms. The molecule has 0 unspecified atom stereocenters. The average molecular weight is 309 g/mol. The van der Waals surface area contributed by atoms with Gasteiger partial charge in [-0.3, -0.25) is 4.79 Å². The summed E-state index contributed by atoms with van der Waals surface area (Å²) in [4.78, 5) is 23.1. The number of aromatic carboxylic acids is 1. The van der Waals surface area contributed by atoms with Gasteiger partial charge in [0, 0.05) is 11.5 Å². The molecule has 0 aliphatic rings. The number of carboxylic acid groups (broad SMARTS) is 1. The Labute approximate surface area is 132 Å². The van der Waals surface area contributed by atoms with Gasteiger partial charge in [-0.25, -0.2) is 4.79 Å². The molecule has 0 fully saturated rings. The highest BCUT2D eigenvalue weighted by molar-refractivity contribution is 5.87. The number of aromatic nitrogens is 1. The van der Waals surface area contributed by atoms with Crippen molar-refractivity contribution >= 4 is 16.9 Å². The molecule has 0 spiro atoms. The Morgan fingerprint density at radius 1 is 1.09 bits per heavy atom. The van der Waals surface area contributed by atoms with Gasteiger partial charge in [0.15, 0.2) is 0 Å². The Bertz CT molecular complexity index is 926. The van der Waals surface area contributed by atoms with Crippen molar-refractivity contribution in [3.63, 3.8) is 0 Å². The number of methoxy groups -OCH3 is 1. The lowest BCUT2D eigenvalue weighted by molar-refractivity contribution is 0.0697. The number of nitrogens with zero attached hydrogens (tertiary/aromatic N) is 1. The summed E-state index contributed by atoms with van der Waals surface area (Å²) >= 11 is 0. The topological polar surface area (TPSA) is 68.5 Å². The van der Waals surface area contributed by atoms with E-state index in [9.17, 15) is 9.59 Å². The van der Waals surface area contributed by atoms with Crippen LogP contribution in [0.3, 0.4) is 0 Å². The second kappa shape index (κ2) is 5.96. The Hall–Kier alpha value is -3.08. The van der Waals surface area contributed by atoms with E-state index >= 15 is 0 Å². The summed E-state index contributed by atoms with van der Waals surface area (Å²) < 4.78 is 6.86. The molecule has 0 saturated carbocycles. The van der Waals surface area contributed by atoms with E-state index in [0.717, 1.165) is 22.2 Å². The molecule has 0 aliphatic heterocycles. The maximum atomic E-state index is 12.2. The monoisotopic (exact) mass is 309 g/mol. The second-order valence-electron chi connectivity index (χ2n) is 5.18. The first-order chi connectivity index (χ1) is 11.1. The quantitative estimate of drug-likeness (QED) is 0.804. The first kappa shape index (κ1) is 14.8. The zero-order chi connectivity index (χ0) is 16.4. The molecule has 5 nitrogen and oxygen atoms in total. The molecule has 2 aromatic carbocycles. The van der Waals surface area contributed by atoms with Gasteiger partial charge in [0.1, 0.15) is 5.75 Å². The lowest BCUT2D eigenvalue weighted by atomic mass is 10.1. The number of rotatable bonds is 4. The minimum absolute atomic E-state index is 0.107. The third-order valence-corrected chi connectivity index (χ3v) is 3.74. The number of ether oxygens (including phenoxy) is 1. The largest absolute Gasteiger partial charge is 0.497 e. The molecule has 1 aromatic heterocycles.